The molecule has 1 amide bonds. The van der Waals surface area contributed by atoms with Gasteiger partial charge in [0.2, 0.25) is 5.91 Å². The molecule has 0 bridgehead atoms. The number of hydrogen-bond donors (Lipinski definition) is 2. The number of aromatic nitrogens is 3. The largest absolute Gasteiger partial charge is 0.493 e. The molecule has 26 heavy (non-hydrogen) atoms. The van der Waals surface area contributed by atoms with Gasteiger partial charge >= 0.3 is 0 Å². The minimum Gasteiger partial charge on any atom is -0.493 e. The first-order valence-electron chi connectivity index (χ1n) is 8.13. The summed E-state index contributed by atoms with van der Waals surface area (Å²) in [5, 5.41) is 7.05. The van der Waals surface area contributed by atoms with Crippen LogP contribution in [0.25, 0.3) is 5.65 Å². The van der Waals surface area contributed by atoms with Crippen LogP contribution in [0.2, 0.25) is 0 Å². The summed E-state index contributed by atoms with van der Waals surface area (Å²) in [6.45, 7) is 0.345. The van der Waals surface area contributed by atoms with Gasteiger partial charge in [0.15, 0.2) is 17.1 Å². The lowest BCUT2D eigenvalue weighted by molar-refractivity contribution is -0.121. The molecular weight excluding hydrogens is 334 g/mol. The van der Waals surface area contributed by atoms with Crippen LogP contribution < -0.4 is 20.5 Å². The predicted molar refractivity (Wildman–Crippen MR) is 95.9 cm³/mol. The zero-order valence-corrected chi connectivity index (χ0v) is 14.7. The van der Waals surface area contributed by atoms with Crippen molar-refractivity contribution in [2.45, 2.75) is 19.0 Å². The molecule has 1 atom stereocenters. The number of carbonyl (C=O) groups excluding carboxylic acids is 1. The van der Waals surface area contributed by atoms with Gasteiger partial charge in [0.05, 0.1) is 20.4 Å². The Morgan fingerprint density at radius 1 is 1.31 bits per heavy atom. The molecule has 0 saturated heterocycles. The highest BCUT2D eigenvalue weighted by Gasteiger charge is 2.15. The number of nitrogens with zero attached hydrogens (tertiary/aromatic N) is 3. The van der Waals surface area contributed by atoms with Crippen molar-refractivity contribution in [1.29, 1.82) is 0 Å². The van der Waals surface area contributed by atoms with E-state index in [2.05, 4.69) is 15.4 Å². The van der Waals surface area contributed by atoms with E-state index in [0.717, 1.165) is 16.8 Å². The quantitative estimate of drug-likeness (QED) is 0.665. The van der Waals surface area contributed by atoms with E-state index in [1.807, 2.05) is 6.07 Å². The molecule has 3 aromatic rings. The van der Waals surface area contributed by atoms with Gasteiger partial charge < -0.3 is 20.5 Å². The number of carbonyl (C=O) groups is 1. The number of nitrogens with two attached hydrogens (primary N) is 1. The summed E-state index contributed by atoms with van der Waals surface area (Å²) in [5.74, 6) is 1.05. The van der Waals surface area contributed by atoms with Crippen LogP contribution in [-0.2, 0) is 11.3 Å². The average molecular weight is 355 g/mol. The summed E-state index contributed by atoms with van der Waals surface area (Å²) in [6.07, 6.45) is 5.34. The lowest BCUT2D eigenvalue weighted by Crippen LogP contribution is -2.27. The van der Waals surface area contributed by atoms with Crippen molar-refractivity contribution in [3.63, 3.8) is 0 Å². The third kappa shape index (κ3) is 3.75. The van der Waals surface area contributed by atoms with E-state index >= 15 is 0 Å². The fourth-order valence-electron chi connectivity index (χ4n) is 2.67. The molecule has 8 nitrogen and oxygen atoms in total. The zero-order chi connectivity index (χ0) is 18.5. The molecule has 8 heteroatoms. The SMILES string of the molecule is COc1ccc([C@@H](N)CC(=O)NCc2cnn3cccnc23)cc1OC. The Balaban J connectivity index is 1.61. The Labute approximate surface area is 150 Å². The summed E-state index contributed by atoms with van der Waals surface area (Å²) >= 11 is 0. The van der Waals surface area contributed by atoms with E-state index in [1.165, 1.54) is 0 Å². The topological polar surface area (TPSA) is 104 Å². The highest BCUT2D eigenvalue weighted by Crippen LogP contribution is 2.30. The second-order valence-corrected chi connectivity index (χ2v) is 5.76. The monoisotopic (exact) mass is 355 g/mol. The van der Waals surface area contributed by atoms with Crippen LogP contribution in [0.1, 0.15) is 23.6 Å². The highest BCUT2D eigenvalue weighted by molar-refractivity contribution is 5.77. The molecule has 0 radical (unpaired) electrons. The van der Waals surface area contributed by atoms with Gasteiger partial charge in [-0.05, 0) is 23.8 Å². The minimum atomic E-state index is -0.447. The first-order valence-corrected chi connectivity index (χ1v) is 8.13. The molecule has 0 aliphatic heterocycles. The predicted octanol–water partition coefficient (Wildman–Crippen LogP) is 1.45. The summed E-state index contributed by atoms with van der Waals surface area (Å²) < 4.78 is 12.1. The number of methoxy groups -OCH3 is 2. The van der Waals surface area contributed by atoms with Gasteiger partial charge in [0.25, 0.3) is 0 Å². The summed E-state index contributed by atoms with van der Waals surface area (Å²) in [4.78, 5) is 16.5. The number of benzene rings is 1. The lowest BCUT2D eigenvalue weighted by atomic mass is 10.0. The van der Waals surface area contributed by atoms with E-state index in [1.54, 1.807) is 55.5 Å². The Morgan fingerprint density at radius 2 is 2.12 bits per heavy atom. The zero-order valence-electron chi connectivity index (χ0n) is 14.7. The van der Waals surface area contributed by atoms with E-state index < -0.39 is 6.04 Å². The van der Waals surface area contributed by atoms with E-state index in [9.17, 15) is 4.79 Å². The van der Waals surface area contributed by atoms with Crippen LogP contribution in [0.4, 0.5) is 0 Å². The van der Waals surface area contributed by atoms with Gasteiger partial charge in [-0.15, -0.1) is 0 Å². The van der Waals surface area contributed by atoms with Crippen molar-refractivity contribution in [2.24, 2.45) is 5.73 Å². The number of nitrogens with one attached hydrogen (secondary N) is 1. The van der Waals surface area contributed by atoms with Crippen LogP contribution >= 0.6 is 0 Å². The van der Waals surface area contributed by atoms with E-state index in [0.29, 0.717) is 18.0 Å². The summed E-state index contributed by atoms with van der Waals surface area (Å²) in [6, 6.07) is 6.73. The van der Waals surface area contributed by atoms with Gasteiger partial charge in [-0.25, -0.2) is 9.50 Å². The number of hydrogen-bond acceptors (Lipinski definition) is 6. The molecule has 0 aliphatic carbocycles. The Kier molecular flexibility index (Phi) is 5.33. The van der Waals surface area contributed by atoms with Gasteiger partial charge in [0, 0.05) is 37.0 Å². The fourth-order valence-corrected chi connectivity index (χ4v) is 2.67. The van der Waals surface area contributed by atoms with E-state index in [-0.39, 0.29) is 12.3 Å². The van der Waals surface area contributed by atoms with Gasteiger partial charge in [-0.3, -0.25) is 4.79 Å². The number of amides is 1. The molecule has 0 unspecified atom stereocenters. The number of rotatable bonds is 7. The highest BCUT2D eigenvalue weighted by atomic mass is 16.5. The van der Waals surface area contributed by atoms with Crippen LogP contribution in [0.5, 0.6) is 11.5 Å². The normalized spacial score (nSPS) is 12.0. The van der Waals surface area contributed by atoms with Crippen molar-refractivity contribution in [3.8, 4) is 11.5 Å². The number of ether oxygens (including phenoxy) is 2. The van der Waals surface area contributed by atoms with Gasteiger partial charge in [-0.2, -0.15) is 5.10 Å². The molecule has 0 fully saturated rings. The standard InChI is InChI=1S/C18H21N5O3/c1-25-15-5-4-12(8-16(15)26-2)14(19)9-17(24)21-10-13-11-22-23-7-3-6-20-18(13)23/h3-8,11,14H,9-10,19H2,1-2H3,(H,21,24)/t14-/m0/s1. The summed E-state index contributed by atoms with van der Waals surface area (Å²) in [5.41, 5.74) is 8.53. The van der Waals surface area contributed by atoms with E-state index in [4.69, 9.17) is 15.2 Å². The Morgan fingerprint density at radius 3 is 2.88 bits per heavy atom. The second-order valence-electron chi connectivity index (χ2n) is 5.76. The first kappa shape index (κ1) is 17.7. The van der Waals surface area contributed by atoms with Crippen molar-refractivity contribution < 1.29 is 14.3 Å². The van der Waals surface area contributed by atoms with Crippen molar-refractivity contribution in [2.75, 3.05) is 14.2 Å². The molecule has 2 aromatic heterocycles. The maximum atomic E-state index is 12.2. The van der Waals surface area contributed by atoms with Crippen molar-refractivity contribution in [3.05, 3.63) is 54.0 Å². The maximum absolute atomic E-state index is 12.2. The van der Waals surface area contributed by atoms with Gasteiger partial charge in [0.1, 0.15) is 0 Å². The fraction of sp³-hybridized carbons (Fsp3) is 0.278. The molecule has 0 spiro atoms. The number of fused-ring (bicyclic) bond motifs is 1. The smallest absolute Gasteiger partial charge is 0.222 e. The second kappa shape index (κ2) is 7.83. The van der Waals surface area contributed by atoms with Crippen LogP contribution in [-0.4, -0.2) is 34.7 Å². The third-order valence-electron chi connectivity index (χ3n) is 4.07. The van der Waals surface area contributed by atoms with Crippen LogP contribution in [0, 0.1) is 0 Å². The minimum absolute atomic E-state index is 0.150. The van der Waals surface area contributed by atoms with Crippen molar-refractivity contribution in [1.82, 2.24) is 19.9 Å². The molecule has 1 aromatic carbocycles. The lowest BCUT2D eigenvalue weighted by Gasteiger charge is -2.15. The first-order chi connectivity index (χ1) is 12.6. The van der Waals surface area contributed by atoms with Crippen LogP contribution in [0.3, 0.4) is 0 Å². The molecule has 0 aliphatic rings. The molecule has 3 rings (SSSR count). The molecular formula is C18H21N5O3. The van der Waals surface area contributed by atoms with Gasteiger partial charge in [-0.1, -0.05) is 6.07 Å². The Hall–Kier alpha value is -3.13. The average Bonchev–Trinajstić information content (AvgIpc) is 3.09. The maximum Gasteiger partial charge on any atom is 0.222 e. The van der Waals surface area contributed by atoms with Crippen molar-refractivity contribution >= 4 is 11.6 Å². The summed E-state index contributed by atoms with van der Waals surface area (Å²) in [7, 11) is 3.13. The molecule has 0 saturated carbocycles. The molecule has 136 valence electrons. The molecule has 3 N–H and O–H groups in total. The molecule has 2 heterocycles. The van der Waals surface area contributed by atoms with Crippen LogP contribution in [0.15, 0.2) is 42.9 Å². The third-order valence-corrected chi connectivity index (χ3v) is 4.07. The Bertz CT molecular complexity index is 909.